The van der Waals surface area contributed by atoms with E-state index in [9.17, 15) is 4.79 Å². The van der Waals surface area contributed by atoms with E-state index in [4.69, 9.17) is 10.2 Å². The molecule has 1 aromatic rings. The molecule has 14 heavy (non-hydrogen) atoms. The van der Waals surface area contributed by atoms with Crippen molar-refractivity contribution in [2.45, 2.75) is 5.92 Å². The number of hydrogen-bond donors (Lipinski definition) is 2. The van der Waals surface area contributed by atoms with Gasteiger partial charge in [-0.2, -0.15) is 0 Å². The highest BCUT2D eigenvalue weighted by molar-refractivity contribution is 5.89. The summed E-state index contributed by atoms with van der Waals surface area (Å²) < 4.78 is 0. The third kappa shape index (κ3) is 1.22. The van der Waals surface area contributed by atoms with Gasteiger partial charge in [-0.05, 0) is 11.6 Å². The van der Waals surface area contributed by atoms with Crippen molar-refractivity contribution in [1.82, 2.24) is 4.98 Å². The average molecular weight is 194 g/mol. The number of carboxylic acid groups (broad SMARTS) is 1. The zero-order valence-electron chi connectivity index (χ0n) is 7.42. The summed E-state index contributed by atoms with van der Waals surface area (Å²) in [7, 11) is 0. The lowest BCUT2D eigenvalue weighted by Crippen LogP contribution is -2.28. The van der Waals surface area contributed by atoms with Gasteiger partial charge in [-0.15, -0.1) is 0 Å². The zero-order chi connectivity index (χ0) is 10.1. The summed E-state index contributed by atoms with van der Waals surface area (Å²) in [5.74, 6) is -0.121. The van der Waals surface area contributed by atoms with E-state index in [1.165, 1.54) is 11.1 Å². The highest BCUT2D eigenvalue weighted by Crippen LogP contribution is 2.34. The smallest absolute Gasteiger partial charge is 0.411 e. The Hall–Kier alpha value is -1.62. The third-order valence-electron chi connectivity index (χ3n) is 2.42. The molecule has 1 aliphatic heterocycles. The SMILES string of the molecule is O=C(O)N1CC(CO)c2ccncc21. The monoisotopic (exact) mass is 194 g/mol. The minimum Gasteiger partial charge on any atom is -0.465 e. The Labute approximate surface area is 80.6 Å². The van der Waals surface area contributed by atoms with Gasteiger partial charge in [0.25, 0.3) is 0 Å². The molecule has 0 aromatic carbocycles. The van der Waals surface area contributed by atoms with Gasteiger partial charge in [-0.3, -0.25) is 9.88 Å². The standard InChI is InChI=1S/C9H10N2O3/c12-5-6-4-11(9(13)14)8-3-10-2-1-7(6)8/h1-3,6,12H,4-5H2,(H,13,14). The Bertz CT molecular complexity index is 367. The molecule has 74 valence electrons. The number of hydrogen-bond acceptors (Lipinski definition) is 3. The maximum atomic E-state index is 10.8. The van der Waals surface area contributed by atoms with Crippen LogP contribution >= 0.6 is 0 Å². The predicted molar refractivity (Wildman–Crippen MR) is 49.4 cm³/mol. The lowest BCUT2D eigenvalue weighted by Gasteiger charge is -2.11. The van der Waals surface area contributed by atoms with Gasteiger partial charge in [0.05, 0.1) is 18.5 Å². The van der Waals surface area contributed by atoms with E-state index in [0.717, 1.165) is 5.56 Å². The molecule has 1 unspecified atom stereocenters. The van der Waals surface area contributed by atoms with Crippen LogP contribution in [0, 0.1) is 0 Å². The highest BCUT2D eigenvalue weighted by atomic mass is 16.4. The Balaban J connectivity index is 2.43. The van der Waals surface area contributed by atoms with Gasteiger partial charge in [-0.25, -0.2) is 4.79 Å². The molecule has 0 aliphatic carbocycles. The molecular weight excluding hydrogens is 184 g/mol. The molecule has 5 heteroatoms. The second-order valence-electron chi connectivity index (χ2n) is 3.21. The van der Waals surface area contributed by atoms with Crippen molar-refractivity contribution in [1.29, 1.82) is 0 Å². The first-order valence-electron chi connectivity index (χ1n) is 4.29. The van der Waals surface area contributed by atoms with Gasteiger partial charge in [-0.1, -0.05) is 0 Å². The van der Waals surface area contributed by atoms with Gasteiger partial charge in [0.2, 0.25) is 0 Å². The van der Waals surface area contributed by atoms with Crippen molar-refractivity contribution in [3.63, 3.8) is 0 Å². The second kappa shape index (κ2) is 3.26. The fourth-order valence-electron chi connectivity index (χ4n) is 1.72. The minimum absolute atomic E-state index is 0.0409. The number of pyridine rings is 1. The van der Waals surface area contributed by atoms with Gasteiger partial charge in [0, 0.05) is 18.7 Å². The first kappa shape index (κ1) is 8.96. The Morgan fingerprint density at radius 2 is 2.50 bits per heavy atom. The lowest BCUT2D eigenvalue weighted by molar-refractivity contribution is 0.201. The topological polar surface area (TPSA) is 73.7 Å². The summed E-state index contributed by atoms with van der Waals surface area (Å²) in [5.41, 5.74) is 1.43. The molecule has 2 N–H and O–H groups in total. The van der Waals surface area contributed by atoms with Crippen molar-refractivity contribution < 1.29 is 15.0 Å². The molecule has 1 amide bonds. The maximum absolute atomic E-state index is 10.8. The van der Waals surface area contributed by atoms with Crippen molar-refractivity contribution in [3.8, 4) is 0 Å². The van der Waals surface area contributed by atoms with Gasteiger partial charge < -0.3 is 10.2 Å². The molecule has 1 aliphatic rings. The van der Waals surface area contributed by atoms with Crippen LogP contribution in [0.1, 0.15) is 11.5 Å². The minimum atomic E-state index is -1.00. The average Bonchev–Trinajstić information content (AvgIpc) is 2.56. The van der Waals surface area contributed by atoms with Crippen LogP contribution in [0.25, 0.3) is 0 Å². The fourth-order valence-corrected chi connectivity index (χ4v) is 1.72. The van der Waals surface area contributed by atoms with Gasteiger partial charge in [0.1, 0.15) is 0 Å². The van der Waals surface area contributed by atoms with Crippen molar-refractivity contribution >= 4 is 11.8 Å². The summed E-state index contributed by atoms with van der Waals surface area (Å²) in [6, 6.07) is 1.75. The Morgan fingerprint density at radius 3 is 3.14 bits per heavy atom. The first-order valence-corrected chi connectivity index (χ1v) is 4.29. The zero-order valence-corrected chi connectivity index (χ0v) is 7.42. The van der Waals surface area contributed by atoms with Crippen LogP contribution < -0.4 is 4.90 Å². The number of aliphatic hydroxyl groups is 1. The second-order valence-corrected chi connectivity index (χ2v) is 3.21. The normalized spacial score (nSPS) is 19.5. The Kier molecular flexibility index (Phi) is 2.09. The van der Waals surface area contributed by atoms with Crippen LogP contribution in [0.3, 0.4) is 0 Å². The molecule has 0 fully saturated rings. The van der Waals surface area contributed by atoms with E-state index in [1.807, 2.05) is 0 Å². The molecule has 1 atom stereocenters. The van der Waals surface area contributed by atoms with Crippen LogP contribution in [0.5, 0.6) is 0 Å². The molecule has 0 saturated heterocycles. The molecule has 0 saturated carbocycles. The van der Waals surface area contributed by atoms with Gasteiger partial charge in [0.15, 0.2) is 0 Å². The number of aliphatic hydroxyl groups excluding tert-OH is 1. The van der Waals surface area contributed by atoms with E-state index in [2.05, 4.69) is 4.98 Å². The van der Waals surface area contributed by atoms with E-state index in [0.29, 0.717) is 12.2 Å². The van der Waals surface area contributed by atoms with Crippen LogP contribution in [-0.4, -0.2) is 34.4 Å². The summed E-state index contributed by atoms with van der Waals surface area (Å²) in [6.45, 7) is 0.271. The lowest BCUT2D eigenvalue weighted by atomic mass is 10.0. The van der Waals surface area contributed by atoms with Crippen LogP contribution in [0.4, 0.5) is 10.5 Å². The molecule has 2 rings (SSSR count). The molecule has 0 radical (unpaired) electrons. The van der Waals surface area contributed by atoms with Crippen molar-refractivity contribution in [3.05, 3.63) is 24.0 Å². The van der Waals surface area contributed by atoms with Crippen molar-refractivity contribution in [2.24, 2.45) is 0 Å². The summed E-state index contributed by atoms with van der Waals surface area (Å²) >= 11 is 0. The molecule has 0 spiro atoms. The molecule has 1 aromatic heterocycles. The van der Waals surface area contributed by atoms with Crippen LogP contribution in [-0.2, 0) is 0 Å². The van der Waals surface area contributed by atoms with E-state index in [-0.39, 0.29) is 12.5 Å². The maximum Gasteiger partial charge on any atom is 0.411 e. The first-order chi connectivity index (χ1) is 6.74. The molecular formula is C9H10N2O3. The predicted octanol–water partition coefficient (Wildman–Crippen LogP) is 0.655. The van der Waals surface area contributed by atoms with Crippen molar-refractivity contribution in [2.75, 3.05) is 18.1 Å². The molecule has 2 heterocycles. The largest absolute Gasteiger partial charge is 0.465 e. The number of rotatable bonds is 1. The van der Waals surface area contributed by atoms with Crippen LogP contribution in [0.15, 0.2) is 18.5 Å². The fraction of sp³-hybridized carbons (Fsp3) is 0.333. The molecule has 0 bridgehead atoms. The van der Waals surface area contributed by atoms with E-state index in [1.54, 1.807) is 12.3 Å². The summed E-state index contributed by atoms with van der Waals surface area (Å²) in [4.78, 5) is 15.9. The summed E-state index contributed by atoms with van der Waals surface area (Å²) in [5, 5.41) is 18.0. The van der Waals surface area contributed by atoms with E-state index < -0.39 is 6.09 Å². The Morgan fingerprint density at radius 1 is 1.71 bits per heavy atom. The van der Waals surface area contributed by atoms with E-state index >= 15 is 0 Å². The molecule has 5 nitrogen and oxygen atoms in total. The quantitative estimate of drug-likeness (QED) is 0.688. The number of fused-ring (bicyclic) bond motifs is 1. The number of amides is 1. The number of aromatic nitrogens is 1. The summed E-state index contributed by atoms with van der Waals surface area (Å²) in [6.07, 6.45) is 2.11. The highest BCUT2D eigenvalue weighted by Gasteiger charge is 2.31. The number of nitrogens with zero attached hydrogens (tertiary/aromatic N) is 2. The number of carbonyl (C=O) groups is 1. The van der Waals surface area contributed by atoms with Crippen LogP contribution in [0.2, 0.25) is 0 Å². The van der Waals surface area contributed by atoms with Gasteiger partial charge >= 0.3 is 6.09 Å². The third-order valence-corrected chi connectivity index (χ3v) is 2.42. The number of anilines is 1.